The quantitative estimate of drug-likeness (QED) is 0.0311. The average molecular weight is 1150 g/mol. The van der Waals surface area contributed by atoms with Gasteiger partial charge in [-0.15, -0.1) is 0 Å². The van der Waals surface area contributed by atoms with Crippen LogP contribution in [0.5, 0.6) is 0 Å². The highest BCUT2D eigenvalue weighted by molar-refractivity contribution is 5.94. The molecule has 5 N–H and O–H groups in total. The van der Waals surface area contributed by atoms with Crippen LogP contribution in [0, 0.1) is 32.6 Å². The minimum Gasteiger partial charge on any atom is -0.466 e. The maximum Gasteiger partial charge on any atom is 0.313 e. The maximum absolute atomic E-state index is 12.0. The molecule has 0 saturated carbocycles. The summed E-state index contributed by atoms with van der Waals surface area (Å²) >= 11 is 0. The van der Waals surface area contributed by atoms with Gasteiger partial charge in [-0.3, -0.25) is 19.2 Å². The Morgan fingerprint density at radius 2 is 0.905 bits per heavy atom. The number of Topliss-reactive ketones (excluding diaryl/α,β-unsaturated/α-hetero) is 1. The first kappa shape index (κ1) is 75.9. The van der Waals surface area contributed by atoms with Crippen LogP contribution in [-0.4, -0.2) is 94.8 Å². The second-order valence-electron chi connectivity index (χ2n) is 20.4. The molecule has 1 atom stereocenters. The lowest BCUT2D eigenvalue weighted by Gasteiger charge is -2.20. The van der Waals surface area contributed by atoms with Crippen molar-refractivity contribution in [2.45, 2.75) is 101 Å². The number of carbonyl (C=O) groups excluding carboxylic acids is 4. The molecule has 13 heteroatoms. The van der Waals surface area contributed by atoms with Crippen LogP contribution in [-0.2, 0) is 56.5 Å². The molecule has 0 fully saturated rings. The third-order valence-corrected chi connectivity index (χ3v) is 11.9. The Morgan fingerprint density at radius 3 is 1.26 bits per heavy atom. The van der Waals surface area contributed by atoms with Crippen molar-refractivity contribution in [1.82, 2.24) is 0 Å². The van der Waals surface area contributed by atoms with E-state index in [0.29, 0.717) is 18.9 Å². The summed E-state index contributed by atoms with van der Waals surface area (Å²) in [4.78, 5) is 49.0. The molecule has 1 unspecified atom stereocenters. The van der Waals surface area contributed by atoms with Gasteiger partial charge >= 0.3 is 11.9 Å². The van der Waals surface area contributed by atoms with Crippen LogP contribution in [0.2, 0.25) is 0 Å². The Labute approximate surface area is 503 Å². The number of nitrogens with two attached hydrogens (primary N) is 1. The van der Waals surface area contributed by atoms with Crippen LogP contribution in [0.4, 0.5) is 22.7 Å². The van der Waals surface area contributed by atoms with Crippen molar-refractivity contribution in [2.24, 2.45) is 11.8 Å². The van der Waals surface area contributed by atoms with E-state index in [-0.39, 0.29) is 49.8 Å². The van der Waals surface area contributed by atoms with Gasteiger partial charge in [0.15, 0.2) is 0 Å². The lowest BCUT2D eigenvalue weighted by molar-refractivity contribution is -0.149. The molecule has 0 aromatic heterocycles. The largest absolute Gasteiger partial charge is 0.466 e. The highest BCUT2D eigenvalue weighted by Crippen LogP contribution is 2.22. The second kappa shape index (κ2) is 45.4. The number of aldehydes is 1. The van der Waals surface area contributed by atoms with Crippen molar-refractivity contribution in [1.29, 1.82) is 0 Å². The van der Waals surface area contributed by atoms with E-state index < -0.39 is 5.97 Å². The summed E-state index contributed by atoms with van der Waals surface area (Å²) in [5.74, 6) is -0.481. The molecule has 0 aliphatic rings. The molecule has 456 valence electrons. The number of nitrogens with zero attached hydrogens (tertiary/aromatic N) is 3. The van der Waals surface area contributed by atoms with Crippen molar-refractivity contribution in [3.05, 3.63) is 226 Å². The van der Waals surface area contributed by atoms with Crippen molar-refractivity contribution in [3.63, 3.8) is 0 Å². The number of anilines is 4. The number of benzene rings is 7. The van der Waals surface area contributed by atoms with Crippen molar-refractivity contribution in [3.8, 4) is 0 Å². The molecule has 13 nitrogen and oxygen atoms in total. The van der Waals surface area contributed by atoms with E-state index in [9.17, 15) is 19.2 Å². The molecule has 7 aromatic rings. The lowest BCUT2D eigenvalue weighted by atomic mass is 9.89. The summed E-state index contributed by atoms with van der Waals surface area (Å²) in [5, 5.41) is 26.1. The monoisotopic (exact) mass is 1150 g/mol. The van der Waals surface area contributed by atoms with Gasteiger partial charge in [0, 0.05) is 70.6 Å². The van der Waals surface area contributed by atoms with Crippen molar-refractivity contribution < 1.29 is 44.0 Å². The van der Waals surface area contributed by atoms with Gasteiger partial charge in [-0.25, -0.2) is 0 Å². The fourth-order valence-electron chi connectivity index (χ4n) is 7.24. The molecule has 0 spiro atoms. The van der Waals surface area contributed by atoms with Crippen LogP contribution < -0.4 is 20.4 Å². The molecule has 7 aromatic carbocycles. The van der Waals surface area contributed by atoms with Gasteiger partial charge in [-0.05, 0) is 143 Å². The Bertz CT molecular complexity index is 2790. The smallest absolute Gasteiger partial charge is 0.313 e. The zero-order valence-electron chi connectivity index (χ0n) is 52.8. The third kappa shape index (κ3) is 36.4. The fraction of sp³-hybridized carbons (Fsp3) is 0.352. The summed E-state index contributed by atoms with van der Waals surface area (Å²) in [6.45, 7) is 18.4. The predicted molar refractivity (Wildman–Crippen MR) is 350 cm³/mol. The molecule has 0 heterocycles. The van der Waals surface area contributed by atoms with E-state index in [1.165, 1.54) is 34.9 Å². The first-order valence-corrected chi connectivity index (χ1v) is 28.3. The minimum absolute atomic E-state index is 0.0606. The molecular formula is C71H98N4O9. The first-order valence-electron chi connectivity index (χ1n) is 28.3. The second-order valence-corrected chi connectivity index (χ2v) is 20.4. The van der Waals surface area contributed by atoms with E-state index in [1.807, 2.05) is 157 Å². The zero-order chi connectivity index (χ0) is 63.4. The van der Waals surface area contributed by atoms with Crippen LogP contribution >= 0.6 is 0 Å². The Balaban J connectivity index is 0.000000956. The van der Waals surface area contributed by atoms with Crippen LogP contribution in [0.25, 0.3) is 0 Å². The van der Waals surface area contributed by atoms with E-state index >= 15 is 0 Å². The van der Waals surface area contributed by atoms with E-state index in [2.05, 4.69) is 111 Å². The molecular weight excluding hydrogens is 1050 g/mol. The maximum atomic E-state index is 12.0. The fourth-order valence-corrected chi connectivity index (χ4v) is 7.24. The van der Waals surface area contributed by atoms with Gasteiger partial charge in [-0.2, -0.15) is 0 Å². The topological polar surface area (TPSA) is 183 Å². The lowest BCUT2D eigenvalue weighted by Crippen LogP contribution is -2.25. The summed E-state index contributed by atoms with van der Waals surface area (Å²) < 4.78 is 9.66. The van der Waals surface area contributed by atoms with Crippen molar-refractivity contribution >= 4 is 46.8 Å². The Kier molecular flexibility index (Phi) is 41.0. The normalized spacial score (nSPS) is 9.99. The average Bonchev–Trinajstić information content (AvgIpc) is 3.48. The molecule has 0 amide bonds. The molecule has 0 aliphatic carbocycles. The van der Waals surface area contributed by atoms with Gasteiger partial charge in [-0.1, -0.05) is 159 Å². The minimum atomic E-state index is -0.440. The Morgan fingerprint density at radius 1 is 0.500 bits per heavy atom. The zero-order valence-corrected chi connectivity index (χ0v) is 52.8. The van der Waals surface area contributed by atoms with Gasteiger partial charge in [0.2, 0.25) is 0 Å². The summed E-state index contributed by atoms with van der Waals surface area (Å²) in [5.41, 5.74) is 19.4. The third-order valence-electron chi connectivity index (χ3n) is 11.9. The highest BCUT2D eigenvalue weighted by Gasteiger charge is 2.24. The molecule has 0 saturated heterocycles. The van der Waals surface area contributed by atoms with Gasteiger partial charge in [0.1, 0.15) is 18.5 Å². The van der Waals surface area contributed by atoms with Crippen LogP contribution in [0.3, 0.4) is 0 Å². The molecule has 7 rings (SSSR count). The van der Waals surface area contributed by atoms with Crippen LogP contribution in [0.15, 0.2) is 176 Å². The van der Waals surface area contributed by atoms with E-state index in [4.69, 9.17) is 25.8 Å². The number of hydrogen-bond donors (Lipinski definition) is 4. The number of nitrogen functional groups attached to an aromatic ring is 1. The van der Waals surface area contributed by atoms with Gasteiger partial charge in [0.05, 0.1) is 39.0 Å². The SMILES string of the molecule is CCOC(=O)C(Cc1cccc(N(C)C)c1)C(C)C.CCOC(=O)CC(C)=O.CCc1cccc(N(C)C)c1.CN(C)c1cccc(CO)c1.Cc1cccc(C=O)c1.Cc1cccc(CO)c1.Cc1ccccc1.Nc1cccc(CO)c1. The molecule has 84 heavy (non-hydrogen) atoms. The summed E-state index contributed by atoms with van der Waals surface area (Å²) in [7, 11) is 12.1. The number of aliphatic hydroxyl groups excluding tert-OH is 3. The van der Waals surface area contributed by atoms with Crippen molar-refractivity contribution in [2.75, 3.05) is 75.9 Å². The summed E-state index contributed by atoms with van der Waals surface area (Å²) in [6.07, 6.45) is 2.60. The number of rotatable bonds is 16. The summed E-state index contributed by atoms with van der Waals surface area (Å²) in [6, 6.07) is 57.5. The van der Waals surface area contributed by atoms with E-state index in [0.717, 1.165) is 58.3 Å². The number of carbonyl (C=O) groups is 4. The predicted octanol–water partition coefficient (Wildman–Crippen LogP) is 13.3. The van der Waals surface area contributed by atoms with Crippen LogP contribution in [0.1, 0.15) is 103 Å². The number of hydrogen-bond acceptors (Lipinski definition) is 13. The highest BCUT2D eigenvalue weighted by atomic mass is 16.5. The number of ether oxygens (including phenoxy) is 2. The first-order chi connectivity index (χ1) is 40.0. The number of aliphatic hydroxyl groups is 3. The molecule has 0 radical (unpaired) electrons. The standard InChI is InChI=1S/C16H25NO2.C10H15N.C9H13NO.C8H10O.C8H8O.C7H9NO.C7H8.C6H10O3/c1-6-19-16(18)15(12(2)3)11-13-8-7-9-14(10-13)17(4)5;1-4-9-6-5-7-10(8-9)11(2)3;1-10(2)9-5-3-4-8(6-9)7-11;2*1-7-3-2-4-8(5-7)6-9;8-7-3-1-2-6(4-7)5-9;1-7-5-3-2-4-6-7;1-3-9-6(8)4-5(2)7/h7-10,12,15H,6,11H2,1-5H3;5-8H,4H2,1-3H3;3-6,11H,7H2,1-2H3;2-5,9H,6H2,1H3;2-6H,1H3;1-4,9H,5,8H2;2-6H,1H3;3-4H2,1-2H3. The van der Waals surface area contributed by atoms with E-state index in [1.54, 1.807) is 25.1 Å². The Hall–Kier alpha value is -8.10. The molecule has 0 aliphatic heterocycles. The molecule has 0 bridgehead atoms. The number of ketones is 1. The number of esters is 2. The number of aryl methyl sites for hydroxylation is 4. The van der Waals surface area contributed by atoms with Gasteiger partial charge < -0.3 is 45.2 Å². The van der Waals surface area contributed by atoms with Gasteiger partial charge in [0.25, 0.3) is 0 Å².